The summed E-state index contributed by atoms with van der Waals surface area (Å²) in [6, 6.07) is 18.2. The molecule has 0 aliphatic carbocycles. The number of piperazine rings is 1. The first-order valence-corrected chi connectivity index (χ1v) is 13.2. The van der Waals surface area contributed by atoms with Crippen molar-refractivity contribution in [2.45, 2.75) is 13.0 Å². The van der Waals surface area contributed by atoms with Crippen LogP contribution in [0.2, 0.25) is 0 Å². The quantitative estimate of drug-likeness (QED) is 0.361. The number of carbonyl (C=O) groups excluding carboxylic acids is 1. The number of H-pyrrole nitrogens is 1. The van der Waals surface area contributed by atoms with E-state index in [0.29, 0.717) is 18.7 Å². The fourth-order valence-electron chi connectivity index (χ4n) is 5.33. The van der Waals surface area contributed by atoms with Gasteiger partial charge in [0.25, 0.3) is 5.56 Å². The molecule has 1 atom stereocenters. The Hall–Kier alpha value is -4.43. The molecule has 1 fully saturated rings. The summed E-state index contributed by atoms with van der Waals surface area (Å²) in [6.45, 7) is 4.81. The molecule has 1 saturated heterocycles. The number of benzene rings is 2. The zero-order chi connectivity index (χ0) is 27.1. The monoisotopic (exact) mass is 521 g/mol. The number of pyridine rings is 2. The van der Waals surface area contributed by atoms with Crippen LogP contribution < -0.4 is 10.3 Å². The van der Waals surface area contributed by atoms with Crippen LogP contribution in [0.4, 0.5) is 0 Å². The number of hydrogen-bond acceptors (Lipinski definition) is 5. The van der Waals surface area contributed by atoms with E-state index in [1.807, 2.05) is 56.7 Å². The summed E-state index contributed by atoms with van der Waals surface area (Å²) in [5.41, 5.74) is 4.52. The standard InChI is InChI=1S/C31H31N5O3/c1-20-30(37)34(2)12-13-36(20)14-15-39-25-8-6-21(7-9-25)28-17-22-4-5-23(16-24(22)18-33-28)27-19-35(3)31(38)29-26(27)10-11-32-29/h4-11,16-20,32H,12-15H2,1-3H3/t20-/m1/s1. The summed E-state index contributed by atoms with van der Waals surface area (Å²) in [5, 5.41) is 3.04. The number of nitrogens with one attached hydrogen (secondary N) is 1. The first-order chi connectivity index (χ1) is 18.9. The first kappa shape index (κ1) is 24.9. The maximum absolute atomic E-state index is 12.4. The predicted octanol–water partition coefficient (Wildman–Crippen LogP) is 4.29. The summed E-state index contributed by atoms with van der Waals surface area (Å²) >= 11 is 0. The molecule has 8 nitrogen and oxygen atoms in total. The normalized spacial score (nSPS) is 16.3. The van der Waals surface area contributed by atoms with Crippen molar-refractivity contribution < 1.29 is 9.53 Å². The van der Waals surface area contributed by atoms with Crippen LogP contribution >= 0.6 is 0 Å². The molecule has 6 rings (SSSR count). The highest BCUT2D eigenvalue weighted by atomic mass is 16.5. The third-order valence-electron chi connectivity index (χ3n) is 7.73. The van der Waals surface area contributed by atoms with Gasteiger partial charge in [-0.15, -0.1) is 0 Å². The van der Waals surface area contributed by atoms with Gasteiger partial charge in [0.05, 0.1) is 11.7 Å². The van der Waals surface area contributed by atoms with E-state index in [9.17, 15) is 9.59 Å². The number of amides is 1. The summed E-state index contributed by atoms with van der Waals surface area (Å²) in [6.07, 6.45) is 5.58. The van der Waals surface area contributed by atoms with Crippen molar-refractivity contribution in [3.05, 3.63) is 83.5 Å². The molecule has 39 heavy (non-hydrogen) atoms. The summed E-state index contributed by atoms with van der Waals surface area (Å²) < 4.78 is 7.58. The Kier molecular flexibility index (Phi) is 6.40. The van der Waals surface area contributed by atoms with Crippen LogP contribution in [-0.4, -0.2) is 69.6 Å². The zero-order valence-corrected chi connectivity index (χ0v) is 22.3. The zero-order valence-electron chi connectivity index (χ0n) is 22.3. The van der Waals surface area contributed by atoms with Crippen LogP contribution in [0.25, 0.3) is 44.1 Å². The molecule has 0 bridgehead atoms. The van der Waals surface area contributed by atoms with Gasteiger partial charge in [-0.1, -0.05) is 12.1 Å². The van der Waals surface area contributed by atoms with E-state index >= 15 is 0 Å². The minimum absolute atomic E-state index is 0.0385. The largest absolute Gasteiger partial charge is 0.492 e. The number of likely N-dealkylation sites (N-methyl/N-ethyl adjacent to an activating group) is 1. The molecule has 0 saturated carbocycles. The van der Waals surface area contributed by atoms with Crippen molar-refractivity contribution in [3.63, 3.8) is 0 Å². The minimum Gasteiger partial charge on any atom is -0.492 e. The third kappa shape index (κ3) is 4.68. The molecule has 1 N–H and O–H groups in total. The van der Waals surface area contributed by atoms with Crippen molar-refractivity contribution in [1.82, 2.24) is 24.3 Å². The molecule has 2 aromatic carbocycles. The number of ether oxygens (including phenoxy) is 1. The number of hydrogen-bond donors (Lipinski definition) is 1. The fraction of sp³-hybridized carbons (Fsp3) is 0.258. The summed E-state index contributed by atoms with van der Waals surface area (Å²) in [4.78, 5) is 36.4. The minimum atomic E-state index is -0.110. The van der Waals surface area contributed by atoms with Crippen molar-refractivity contribution in [2.75, 3.05) is 33.3 Å². The number of aromatic nitrogens is 3. The number of fused-ring (bicyclic) bond motifs is 2. The number of rotatable bonds is 6. The van der Waals surface area contributed by atoms with Gasteiger partial charge < -0.3 is 19.2 Å². The Balaban J connectivity index is 1.16. The highest BCUT2D eigenvalue weighted by Crippen LogP contribution is 2.30. The smallest absolute Gasteiger partial charge is 0.274 e. The Bertz CT molecular complexity index is 1740. The van der Waals surface area contributed by atoms with Gasteiger partial charge in [-0.25, -0.2) is 0 Å². The van der Waals surface area contributed by atoms with Crippen LogP contribution in [0.5, 0.6) is 5.75 Å². The Labute approximate surface area is 226 Å². The average molecular weight is 522 g/mol. The average Bonchev–Trinajstić information content (AvgIpc) is 3.45. The molecule has 198 valence electrons. The molecule has 0 unspecified atom stereocenters. The van der Waals surface area contributed by atoms with E-state index in [0.717, 1.165) is 57.4 Å². The highest BCUT2D eigenvalue weighted by molar-refractivity contribution is 5.97. The summed E-state index contributed by atoms with van der Waals surface area (Å²) in [7, 11) is 3.62. The molecule has 3 aromatic heterocycles. The molecule has 8 heteroatoms. The molecular weight excluding hydrogens is 490 g/mol. The van der Waals surface area contributed by atoms with E-state index in [1.54, 1.807) is 22.7 Å². The number of aryl methyl sites for hydroxylation is 1. The lowest BCUT2D eigenvalue weighted by Gasteiger charge is -2.37. The van der Waals surface area contributed by atoms with Crippen molar-refractivity contribution >= 4 is 27.6 Å². The lowest BCUT2D eigenvalue weighted by atomic mass is 10.00. The van der Waals surface area contributed by atoms with Gasteiger partial charge in [0, 0.05) is 74.2 Å². The Morgan fingerprint density at radius 3 is 2.59 bits per heavy atom. The second-order valence-corrected chi connectivity index (χ2v) is 10.2. The fourth-order valence-corrected chi connectivity index (χ4v) is 5.33. The summed E-state index contributed by atoms with van der Waals surface area (Å²) in [5.74, 6) is 0.959. The van der Waals surface area contributed by atoms with Crippen molar-refractivity contribution in [2.24, 2.45) is 7.05 Å². The number of carbonyl (C=O) groups is 1. The van der Waals surface area contributed by atoms with Gasteiger partial charge in [-0.05, 0) is 60.3 Å². The van der Waals surface area contributed by atoms with E-state index in [4.69, 9.17) is 9.72 Å². The molecule has 0 radical (unpaired) electrons. The van der Waals surface area contributed by atoms with Crippen LogP contribution in [0.1, 0.15) is 6.92 Å². The second kappa shape index (κ2) is 10.0. The molecule has 1 aliphatic rings. The predicted molar refractivity (Wildman–Crippen MR) is 154 cm³/mol. The SMILES string of the molecule is C[C@@H]1C(=O)N(C)CCN1CCOc1ccc(-c2cc3ccc(-c4cn(C)c(=O)c5[nH]ccc45)cc3cn2)cc1. The topological polar surface area (TPSA) is 83.5 Å². The Morgan fingerprint density at radius 2 is 1.77 bits per heavy atom. The maximum Gasteiger partial charge on any atom is 0.274 e. The van der Waals surface area contributed by atoms with Crippen LogP contribution in [-0.2, 0) is 11.8 Å². The van der Waals surface area contributed by atoms with E-state index < -0.39 is 0 Å². The van der Waals surface area contributed by atoms with Crippen LogP contribution in [0.15, 0.2) is 78.0 Å². The molecule has 1 aliphatic heterocycles. The number of aromatic amines is 1. The van der Waals surface area contributed by atoms with Gasteiger partial charge in [-0.3, -0.25) is 19.5 Å². The molecule has 1 amide bonds. The van der Waals surface area contributed by atoms with E-state index in [2.05, 4.69) is 34.1 Å². The van der Waals surface area contributed by atoms with Crippen LogP contribution in [0, 0.1) is 0 Å². The van der Waals surface area contributed by atoms with Gasteiger partial charge in [-0.2, -0.15) is 0 Å². The second-order valence-electron chi connectivity index (χ2n) is 10.2. The highest BCUT2D eigenvalue weighted by Gasteiger charge is 2.28. The molecular formula is C31H31N5O3. The Morgan fingerprint density at radius 1 is 0.974 bits per heavy atom. The van der Waals surface area contributed by atoms with Crippen molar-refractivity contribution in [1.29, 1.82) is 0 Å². The van der Waals surface area contributed by atoms with Gasteiger partial charge >= 0.3 is 0 Å². The van der Waals surface area contributed by atoms with Gasteiger partial charge in [0.15, 0.2) is 0 Å². The van der Waals surface area contributed by atoms with Crippen molar-refractivity contribution in [3.8, 4) is 28.1 Å². The van der Waals surface area contributed by atoms with Crippen LogP contribution in [0.3, 0.4) is 0 Å². The molecule has 0 spiro atoms. The first-order valence-electron chi connectivity index (χ1n) is 13.2. The maximum atomic E-state index is 12.4. The lowest BCUT2D eigenvalue weighted by Crippen LogP contribution is -2.55. The van der Waals surface area contributed by atoms with Gasteiger partial charge in [0.1, 0.15) is 17.9 Å². The lowest BCUT2D eigenvalue weighted by molar-refractivity contribution is -0.139. The third-order valence-corrected chi connectivity index (χ3v) is 7.73. The number of nitrogens with zero attached hydrogens (tertiary/aromatic N) is 4. The molecule has 5 aromatic rings. The van der Waals surface area contributed by atoms with E-state index in [-0.39, 0.29) is 17.5 Å². The van der Waals surface area contributed by atoms with E-state index in [1.165, 1.54) is 0 Å². The molecule has 4 heterocycles. The van der Waals surface area contributed by atoms with Gasteiger partial charge in [0.2, 0.25) is 5.91 Å².